The molecule has 0 radical (unpaired) electrons. The molecule has 0 fully saturated rings. The summed E-state index contributed by atoms with van der Waals surface area (Å²) in [7, 11) is 0. The van der Waals surface area contributed by atoms with Crippen LogP contribution in [0.1, 0.15) is 17.7 Å². The van der Waals surface area contributed by atoms with Gasteiger partial charge in [0.05, 0.1) is 6.21 Å². The van der Waals surface area contributed by atoms with Crippen LogP contribution in [0.2, 0.25) is 0 Å². The summed E-state index contributed by atoms with van der Waals surface area (Å²) in [5.74, 6) is -0.360. The van der Waals surface area contributed by atoms with Crippen molar-refractivity contribution in [2.75, 3.05) is 0 Å². The van der Waals surface area contributed by atoms with Gasteiger partial charge in [0, 0.05) is 17.3 Å². The fraction of sp³-hybridized carbons (Fsp3) is 0.154. The molecule has 1 amide bonds. The molecule has 0 spiro atoms. The molecular formula is C13H12BrN5O3. The summed E-state index contributed by atoms with van der Waals surface area (Å²) in [6, 6.07) is 7.39. The Labute approximate surface area is 132 Å². The average Bonchev–Trinajstić information content (AvgIpc) is 2.48. The summed E-state index contributed by atoms with van der Waals surface area (Å²) in [5.41, 5.74) is 1.99. The number of aromatic amines is 2. The first-order chi connectivity index (χ1) is 10.5. The predicted molar refractivity (Wildman–Crippen MR) is 83.7 cm³/mol. The molecule has 114 valence electrons. The van der Waals surface area contributed by atoms with Crippen LogP contribution in [-0.4, -0.2) is 27.3 Å². The van der Waals surface area contributed by atoms with E-state index in [1.54, 1.807) is 0 Å². The molecule has 0 bridgehead atoms. The van der Waals surface area contributed by atoms with E-state index in [2.05, 4.69) is 36.7 Å². The van der Waals surface area contributed by atoms with Crippen molar-refractivity contribution in [3.8, 4) is 0 Å². The maximum atomic E-state index is 11.6. The van der Waals surface area contributed by atoms with Gasteiger partial charge in [-0.1, -0.05) is 28.1 Å². The van der Waals surface area contributed by atoms with Crippen LogP contribution in [-0.2, 0) is 11.2 Å². The van der Waals surface area contributed by atoms with Gasteiger partial charge < -0.3 is 0 Å². The van der Waals surface area contributed by atoms with E-state index in [0.29, 0.717) is 0 Å². The number of hydrazone groups is 1. The summed E-state index contributed by atoms with van der Waals surface area (Å²) in [6.45, 7) is 0. The summed E-state index contributed by atoms with van der Waals surface area (Å²) in [6.07, 6.45) is 1.64. The highest BCUT2D eigenvalue weighted by Crippen LogP contribution is 2.08. The Morgan fingerprint density at radius 2 is 2.05 bits per heavy atom. The van der Waals surface area contributed by atoms with E-state index in [-0.39, 0.29) is 24.4 Å². The summed E-state index contributed by atoms with van der Waals surface area (Å²) in [4.78, 5) is 35.8. The Hall–Kier alpha value is -2.55. The molecule has 0 aliphatic heterocycles. The second-order valence-corrected chi connectivity index (χ2v) is 5.21. The molecule has 2 rings (SSSR count). The van der Waals surface area contributed by atoms with Crippen LogP contribution in [0.5, 0.6) is 0 Å². The number of aryl methyl sites for hydroxylation is 1. The molecule has 22 heavy (non-hydrogen) atoms. The van der Waals surface area contributed by atoms with Gasteiger partial charge in [0.25, 0.3) is 5.56 Å². The summed E-state index contributed by atoms with van der Waals surface area (Å²) < 4.78 is 0.951. The zero-order valence-corrected chi connectivity index (χ0v) is 12.9. The van der Waals surface area contributed by atoms with Crippen molar-refractivity contribution in [1.29, 1.82) is 0 Å². The molecule has 0 unspecified atom stereocenters. The minimum atomic E-state index is -0.683. The first kappa shape index (κ1) is 15.8. The van der Waals surface area contributed by atoms with Crippen molar-refractivity contribution in [2.24, 2.45) is 5.10 Å². The van der Waals surface area contributed by atoms with Gasteiger partial charge in [-0.2, -0.15) is 10.2 Å². The quantitative estimate of drug-likeness (QED) is 0.521. The number of rotatable bonds is 5. The third-order valence-corrected chi connectivity index (χ3v) is 3.17. The third kappa shape index (κ3) is 4.77. The van der Waals surface area contributed by atoms with Crippen molar-refractivity contribution in [2.45, 2.75) is 12.8 Å². The molecule has 8 nitrogen and oxygen atoms in total. The van der Waals surface area contributed by atoms with Crippen LogP contribution >= 0.6 is 15.9 Å². The lowest BCUT2D eigenvalue weighted by molar-refractivity contribution is -0.121. The minimum Gasteiger partial charge on any atom is -0.273 e. The Kier molecular flexibility index (Phi) is 5.37. The highest BCUT2D eigenvalue weighted by atomic mass is 79.9. The molecule has 0 saturated carbocycles. The molecule has 9 heteroatoms. The topological polar surface area (TPSA) is 120 Å². The largest absolute Gasteiger partial charge is 0.342 e. The fourth-order valence-corrected chi connectivity index (χ4v) is 1.82. The summed E-state index contributed by atoms with van der Waals surface area (Å²) >= 11 is 3.32. The standard InChI is InChI=1S/C13H12BrN5O3/c14-9-3-1-8(2-4-9)7-15-18-11(20)6-5-10-12(21)16-13(22)19-17-10/h1-4,7H,5-6H2,(H,18,20)(H2,16,19,21,22)/b15-7-. The fourth-order valence-electron chi connectivity index (χ4n) is 1.56. The number of hydrogen-bond donors (Lipinski definition) is 3. The van der Waals surface area contributed by atoms with E-state index in [1.807, 2.05) is 29.2 Å². The van der Waals surface area contributed by atoms with Gasteiger partial charge in [-0.05, 0) is 17.7 Å². The summed E-state index contributed by atoms with van der Waals surface area (Å²) in [5, 5.41) is 9.51. The zero-order valence-electron chi connectivity index (χ0n) is 11.3. The van der Waals surface area contributed by atoms with Crippen LogP contribution in [0.25, 0.3) is 0 Å². The number of hydrogen-bond acceptors (Lipinski definition) is 5. The van der Waals surface area contributed by atoms with Crippen LogP contribution in [0.4, 0.5) is 0 Å². The van der Waals surface area contributed by atoms with Crippen molar-refractivity contribution in [3.63, 3.8) is 0 Å². The van der Waals surface area contributed by atoms with E-state index < -0.39 is 11.2 Å². The number of nitrogens with one attached hydrogen (secondary N) is 3. The van der Waals surface area contributed by atoms with Gasteiger partial charge in [0.2, 0.25) is 5.91 Å². The van der Waals surface area contributed by atoms with Crippen LogP contribution in [0, 0.1) is 0 Å². The van der Waals surface area contributed by atoms with E-state index in [9.17, 15) is 14.4 Å². The van der Waals surface area contributed by atoms with E-state index in [1.165, 1.54) is 6.21 Å². The normalized spacial score (nSPS) is 10.8. The number of carbonyl (C=O) groups is 1. The van der Waals surface area contributed by atoms with Gasteiger partial charge >= 0.3 is 5.69 Å². The van der Waals surface area contributed by atoms with Gasteiger partial charge in [0.15, 0.2) is 0 Å². The van der Waals surface area contributed by atoms with Crippen molar-refractivity contribution in [1.82, 2.24) is 20.6 Å². The van der Waals surface area contributed by atoms with Gasteiger partial charge in [-0.15, -0.1) is 0 Å². The van der Waals surface area contributed by atoms with Gasteiger partial charge in [0.1, 0.15) is 5.69 Å². The molecule has 0 atom stereocenters. The molecule has 0 saturated heterocycles. The highest BCUT2D eigenvalue weighted by Gasteiger charge is 2.06. The van der Waals surface area contributed by atoms with E-state index in [0.717, 1.165) is 10.0 Å². The van der Waals surface area contributed by atoms with Crippen molar-refractivity contribution < 1.29 is 4.79 Å². The second kappa shape index (κ2) is 7.46. The van der Waals surface area contributed by atoms with Gasteiger partial charge in [-0.25, -0.2) is 15.3 Å². The van der Waals surface area contributed by atoms with Gasteiger partial charge in [-0.3, -0.25) is 14.6 Å². The Morgan fingerprint density at radius 3 is 2.73 bits per heavy atom. The number of carbonyl (C=O) groups excluding carboxylic acids is 1. The second-order valence-electron chi connectivity index (χ2n) is 4.30. The molecule has 1 aromatic carbocycles. The minimum absolute atomic E-state index is 0.0276. The average molecular weight is 366 g/mol. The molecule has 1 heterocycles. The number of H-pyrrole nitrogens is 2. The predicted octanol–water partition coefficient (Wildman–Crippen LogP) is 0.304. The highest BCUT2D eigenvalue weighted by molar-refractivity contribution is 9.10. The number of nitrogens with zero attached hydrogens (tertiary/aromatic N) is 2. The maximum absolute atomic E-state index is 11.6. The molecule has 0 aliphatic rings. The zero-order chi connectivity index (χ0) is 15.9. The Morgan fingerprint density at radius 1 is 1.32 bits per heavy atom. The molecule has 2 aromatic rings. The van der Waals surface area contributed by atoms with E-state index in [4.69, 9.17) is 0 Å². The Bertz CT molecular complexity index is 794. The SMILES string of the molecule is O=C(CCc1n[nH]c(=O)[nH]c1=O)N/N=C\c1ccc(Br)cc1. The molecular weight excluding hydrogens is 354 g/mol. The smallest absolute Gasteiger partial charge is 0.273 e. The molecule has 3 N–H and O–H groups in total. The first-order valence-electron chi connectivity index (χ1n) is 6.30. The monoisotopic (exact) mass is 365 g/mol. The van der Waals surface area contributed by atoms with E-state index >= 15 is 0 Å². The Balaban J connectivity index is 1.84. The van der Waals surface area contributed by atoms with Crippen molar-refractivity contribution in [3.05, 3.63) is 60.8 Å². The number of aromatic nitrogens is 3. The number of amides is 1. The first-order valence-corrected chi connectivity index (χ1v) is 7.09. The van der Waals surface area contributed by atoms with Crippen LogP contribution in [0.15, 0.2) is 43.4 Å². The van der Waals surface area contributed by atoms with Crippen LogP contribution in [0.3, 0.4) is 0 Å². The third-order valence-electron chi connectivity index (χ3n) is 2.64. The van der Waals surface area contributed by atoms with Crippen LogP contribution < -0.4 is 16.7 Å². The molecule has 0 aliphatic carbocycles. The maximum Gasteiger partial charge on any atom is 0.342 e. The number of halogens is 1. The lowest BCUT2D eigenvalue weighted by Gasteiger charge is -1.99. The lowest BCUT2D eigenvalue weighted by atomic mass is 10.2. The molecule has 1 aromatic heterocycles. The lowest BCUT2D eigenvalue weighted by Crippen LogP contribution is -2.28. The number of benzene rings is 1. The van der Waals surface area contributed by atoms with Crippen molar-refractivity contribution >= 4 is 28.1 Å².